The normalized spacial score (nSPS) is 13.3. The summed E-state index contributed by atoms with van der Waals surface area (Å²) in [4.78, 5) is 0. The Morgan fingerprint density at radius 3 is 2.50 bits per heavy atom. The van der Waals surface area contributed by atoms with E-state index in [2.05, 4.69) is 0 Å². The molecule has 2 N–H and O–H groups in total. The van der Waals surface area contributed by atoms with E-state index >= 15 is 0 Å². The van der Waals surface area contributed by atoms with Crippen LogP contribution in [0, 0.1) is 12.7 Å². The van der Waals surface area contributed by atoms with Crippen LogP contribution in [0.3, 0.4) is 0 Å². The molecule has 14 heavy (non-hydrogen) atoms. The molecule has 1 rings (SSSR count). The van der Waals surface area contributed by atoms with E-state index < -0.39 is 18.3 Å². The highest BCUT2D eigenvalue weighted by Gasteiger charge is 2.18. The Balaban J connectivity index is 2.85. The summed E-state index contributed by atoms with van der Waals surface area (Å²) in [6, 6.07) is 3.17. The van der Waals surface area contributed by atoms with Crippen molar-refractivity contribution in [2.24, 2.45) is 5.73 Å². The van der Waals surface area contributed by atoms with Gasteiger partial charge < -0.3 is 5.73 Å². The summed E-state index contributed by atoms with van der Waals surface area (Å²) in [6.07, 6.45) is -2.75. The van der Waals surface area contributed by atoms with Crippen molar-refractivity contribution in [1.29, 1.82) is 0 Å². The van der Waals surface area contributed by atoms with Crippen LogP contribution >= 0.6 is 0 Å². The van der Waals surface area contributed by atoms with Gasteiger partial charge in [-0.05, 0) is 30.5 Å². The van der Waals surface area contributed by atoms with Gasteiger partial charge in [-0.25, -0.2) is 13.2 Å². The molecule has 78 valence electrons. The second-order valence-electron chi connectivity index (χ2n) is 3.24. The summed E-state index contributed by atoms with van der Waals surface area (Å²) >= 11 is 0. The maximum absolute atomic E-state index is 13.2. The largest absolute Gasteiger partial charge is 0.323 e. The highest BCUT2D eigenvalue weighted by molar-refractivity contribution is 5.28. The maximum Gasteiger partial charge on any atom is 0.253 e. The van der Waals surface area contributed by atoms with Crippen molar-refractivity contribution in [3.63, 3.8) is 0 Å². The summed E-state index contributed by atoms with van der Waals surface area (Å²) in [5, 5.41) is 0. The van der Waals surface area contributed by atoms with Gasteiger partial charge in [0.2, 0.25) is 0 Å². The Bertz CT molecular complexity index is 292. The van der Waals surface area contributed by atoms with E-state index in [0.717, 1.165) is 0 Å². The average molecular weight is 203 g/mol. The van der Waals surface area contributed by atoms with Crippen molar-refractivity contribution in [1.82, 2.24) is 0 Å². The van der Waals surface area contributed by atoms with Crippen molar-refractivity contribution in [3.05, 3.63) is 35.1 Å². The van der Waals surface area contributed by atoms with E-state index in [-0.39, 0.29) is 12.0 Å². The molecule has 1 aromatic rings. The standard InChI is InChI=1S/C10H12F3N/c1-6-3-2-4-8(11)7(6)5-9(14)10(12)13/h2-4,9-10H,5,14H2,1H3. The molecule has 0 saturated heterocycles. The molecule has 0 heterocycles. The molecule has 0 aliphatic rings. The van der Waals surface area contributed by atoms with Gasteiger partial charge in [-0.15, -0.1) is 0 Å². The molecule has 0 radical (unpaired) electrons. The number of rotatable bonds is 3. The highest BCUT2D eigenvalue weighted by atomic mass is 19.3. The second-order valence-corrected chi connectivity index (χ2v) is 3.24. The smallest absolute Gasteiger partial charge is 0.253 e. The molecule has 1 atom stereocenters. The van der Waals surface area contributed by atoms with Crippen LogP contribution in [-0.4, -0.2) is 12.5 Å². The van der Waals surface area contributed by atoms with Crippen molar-refractivity contribution in [3.8, 4) is 0 Å². The quantitative estimate of drug-likeness (QED) is 0.801. The first-order valence-corrected chi connectivity index (χ1v) is 4.30. The van der Waals surface area contributed by atoms with Crippen LogP contribution in [-0.2, 0) is 6.42 Å². The topological polar surface area (TPSA) is 26.0 Å². The van der Waals surface area contributed by atoms with Gasteiger partial charge in [-0.3, -0.25) is 0 Å². The molecule has 0 spiro atoms. The molecule has 1 unspecified atom stereocenters. The number of hydrogen-bond acceptors (Lipinski definition) is 1. The lowest BCUT2D eigenvalue weighted by atomic mass is 10.0. The molecule has 4 heteroatoms. The van der Waals surface area contributed by atoms with Crippen LogP contribution in [0.2, 0.25) is 0 Å². The molecule has 0 bridgehead atoms. The van der Waals surface area contributed by atoms with Crippen LogP contribution in [0.4, 0.5) is 13.2 Å². The molecule has 0 aromatic heterocycles. The summed E-state index contributed by atoms with van der Waals surface area (Å²) in [7, 11) is 0. The zero-order valence-corrected chi connectivity index (χ0v) is 7.81. The van der Waals surface area contributed by atoms with E-state index in [1.54, 1.807) is 19.1 Å². The van der Waals surface area contributed by atoms with Crippen molar-refractivity contribution >= 4 is 0 Å². The Kier molecular flexibility index (Phi) is 3.52. The Morgan fingerprint density at radius 1 is 1.36 bits per heavy atom. The summed E-state index contributed by atoms with van der Waals surface area (Å²) < 4.78 is 37.4. The number of halogens is 3. The third-order valence-corrected chi connectivity index (χ3v) is 2.12. The Labute approximate surface area is 80.7 Å². The molecule has 0 aliphatic heterocycles. The third kappa shape index (κ3) is 2.48. The number of nitrogens with two attached hydrogens (primary N) is 1. The van der Waals surface area contributed by atoms with E-state index in [0.29, 0.717) is 5.56 Å². The number of benzene rings is 1. The van der Waals surface area contributed by atoms with Crippen LogP contribution in [0.5, 0.6) is 0 Å². The summed E-state index contributed by atoms with van der Waals surface area (Å²) in [5.74, 6) is -0.471. The summed E-state index contributed by atoms with van der Waals surface area (Å²) in [6.45, 7) is 1.68. The first kappa shape index (κ1) is 11.0. The predicted octanol–water partition coefficient (Wildman–Crippen LogP) is 2.27. The van der Waals surface area contributed by atoms with E-state index in [1.165, 1.54) is 6.07 Å². The fourth-order valence-corrected chi connectivity index (χ4v) is 1.25. The van der Waals surface area contributed by atoms with Gasteiger partial charge in [-0.2, -0.15) is 0 Å². The minimum absolute atomic E-state index is 0.129. The maximum atomic E-state index is 13.2. The molecule has 0 aliphatic carbocycles. The van der Waals surface area contributed by atoms with Gasteiger partial charge in [0.1, 0.15) is 5.82 Å². The highest BCUT2D eigenvalue weighted by Crippen LogP contribution is 2.16. The van der Waals surface area contributed by atoms with Gasteiger partial charge in [0, 0.05) is 0 Å². The fourth-order valence-electron chi connectivity index (χ4n) is 1.25. The van der Waals surface area contributed by atoms with E-state index in [4.69, 9.17) is 5.73 Å². The SMILES string of the molecule is Cc1cccc(F)c1CC(N)C(F)F. The van der Waals surface area contributed by atoms with Crippen molar-refractivity contribution in [2.45, 2.75) is 25.8 Å². The van der Waals surface area contributed by atoms with Crippen LogP contribution in [0.15, 0.2) is 18.2 Å². The lowest BCUT2D eigenvalue weighted by Crippen LogP contribution is -2.31. The zero-order chi connectivity index (χ0) is 10.7. The van der Waals surface area contributed by atoms with Crippen molar-refractivity contribution < 1.29 is 13.2 Å². The lowest BCUT2D eigenvalue weighted by molar-refractivity contribution is 0.115. The third-order valence-electron chi connectivity index (χ3n) is 2.12. The van der Waals surface area contributed by atoms with E-state index in [1.807, 2.05) is 0 Å². The number of aryl methyl sites for hydroxylation is 1. The molecule has 0 amide bonds. The zero-order valence-electron chi connectivity index (χ0n) is 7.81. The van der Waals surface area contributed by atoms with Crippen LogP contribution in [0.1, 0.15) is 11.1 Å². The number of hydrogen-bond donors (Lipinski definition) is 1. The lowest BCUT2D eigenvalue weighted by Gasteiger charge is -2.12. The first-order chi connectivity index (χ1) is 6.52. The molecular weight excluding hydrogens is 191 g/mol. The Hall–Kier alpha value is -1.03. The second kappa shape index (κ2) is 4.46. The van der Waals surface area contributed by atoms with Gasteiger partial charge in [0.25, 0.3) is 6.43 Å². The molecule has 1 nitrogen and oxygen atoms in total. The minimum Gasteiger partial charge on any atom is -0.323 e. The summed E-state index contributed by atoms with van der Waals surface area (Å²) in [5.41, 5.74) is 6.10. The number of alkyl halides is 2. The van der Waals surface area contributed by atoms with Gasteiger partial charge in [0.15, 0.2) is 0 Å². The van der Waals surface area contributed by atoms with Gasteiger partial charge in [0.05, 0.1) is 6.04 Å². The monoisotopic (exact) mass is 203 g/mol. The molecule has 1 aromatic carbocycles. The Morgan fingerprint density at radius 2 is 2.00 bits per heavy atom. The molecule has 0 fully saturated rings. The average Bonchev–Trinajstić information content (AvgIpc) is 2.11. The molecule has 0 saturated carbocycles. The van der Waals surface area contributed by atoms with Crippen LogP contribution < -0.4 is 5.73 Å². The predicted molar refractivity (Wildman–Crippen MR) is 48.8 cm³/mol. The van der Waals surface area contributed by atoms with Crippen molar-refractivity contribution in [2.75, 3.05) is 0 Å². The fraction of sp³-hybridized carbons (Fsp3) is 0.400. The van der Waals surface area contributed by atoms with Gasteiger partial charge >= 0.3 is 0 Å². The first-order valence-electron chi connectivity index (χ1n) is 4.30. The van der Waals surface area contributed by atoms with E-state index in [9.17, 15) is 13.2 Å². The van der Waals surface area contributed by atoms with Gasteiger partial charge in [-0.1, -0.05) is 12.1 Å². The minimum atomic E-state index is -2.62. The van der Waals surface area contributed by atoms with Crippen LogP contribution in [0.25, 0.3) is 0 Å². The molecular formula is C10H12F3N.